The Balaban J connectivity index is 1.69. The van der Waals surface area contributed by atoms with E-state index in [4.69, 9.17) is 4.98 Å². The van der Waals surface area contributed by atoms with Crippen molar-refractivity contribution in [2.75, 3.05) is 0 Å². The summed E-state index contributed by atoms with van der Waals surface area (Å²) in [4.78, 5) is 8.42. The molecule has 0 aliphatic heterocycles. The summed E-state index contributed by atoms with van der Waals surface area (Å²) in [6.45, 7) is 0. The van der Waals surface area contributed by atoms with Crippen molar-refractivity contribution in [2.45, 2.75) is 76.5 Å². The van der Waals surface area contributed by atoms with Gasteiger partial charge in [0.15, 0.2) is 0 Å². The van der Waals surface area contributed by atoms with E-state index in [0.717, 1.165) is 5.52 Å². The number of imidazole rings is 1. The van der Waals surface area contributed by atoms with Crippen molar-refractivity contribution in [3.63, 3.8) is 0 Å². The third-order valence-corrected chi connectivity index (χ3v) is 4.90. The Morgan fingerprint density at radius 3 is 1.95 bits per heavy atom. The fourth-order valence-corrected chi connectivity index (χ4v) is 3.60. The summed E-state index contributed by atoms with van der Waals surface area (Å²) < 4.78 is 0. The normalized spacial score (nSPS) is 20.0. The zero-order chi connectivity index (χ0) is 14.3. The first kappa shape index (κ1) is 14.6. The standard InChI is InChI=1S/C19H28N2/c1-2-4-6-8-12-16(13-9-7-5-3-1)19-20-17-14-10-11-15-18(17)21-19/h10-11,14-16H,1-9,12-13H2,(H,20,21). The lowest BCUT2D eigenvalue weighted by molar-refractivity contribution is 0.458. The van der Waals surface area contributed by atoms with E-state index in [9.17, 15) is 0 Å². The summed E-state index contributed by atoms with van der Waals surface area (Å²) in [5.74, 6) is 1.87. The van der Waals surface area contributed by atoms with E-state index in [1.807, 2.05) is 0 Å². The average molecular weight is 284 g/mol. The Bertz CT molecular complexity index is 498. The number of benzene rings is 1. The van der Waals surface area contributed by atoms with E-state index in [1.165, 1.54) is 82.0 Å². The van der Waals surface area contributed by atoms with Gasteiger partial charge in [-0.15, -0.1) is 0 Å². The number of rotatable bonds is 1. The van der Waals surface area contributed by atoms with E-state index >= 15 is 0 Å². The number of hydrogen-bond acceptors (Lipinski definition) is 1. The molecule has 21 heavy (non-hydrogen) atoms. The number of H-pyrrole nitrogens is 1. The summed E-state index contributed by atoms with van der Waals surface area (Å²) in [6.07, 6.45) is 15.3. The average Bonchev–Trinajstić information content (AvgIpc) is 2.91. The summed E-state index contributed by atoms with van der Waals surface area (Å²) in [5, 5.41) is 0. The lowest BCUT2D eigenvalue weighted by Crippen LogP contribution is -2.02. The van der Waals surface area contributed by atoms with Gasteiger partial charge in [-0.25, -0.2) is 4.98 Å². The van der Waals surface area contributed by atoms with Gasteiger partial charge in [-0.05, 0) is 25.0 Å². The molecule has 0 bridgehead atoms. The molecule has 1 aliphatic carbocycles. The van der Waals surface area contributed by atoms with Crippen LogP contribution < -0.4 is 0 Å². The van der Waals surface area contributed by atoms with Gasteiger partial charge in [0.05, 0.1) is 11.0 Å². The molecule has 0 amide bonds. The zero-order valence-electron chi connectivity index (χ0n) is 13.1. The Morgan fingerprint density at radius 1 is 0.762 bits per heavy atom. The van der Waals surface area contributed by atoms with Gasteiger partial charge in [0.25, 0.3) is 0 Å². The number of para-hydroxylation sites is 2. The molecule has 3 rings (SSSR count). The molecule has 1 aromatic carbocycles. The topological polar surface area (TPSA) is 28.7 Å². The predicted molar refractivity (Wildman–Crippen MR) is 89.6 cm³/mol. The minimum Gasteiger partial charge on any atom is -0.342 e. The molecule has 0 radical (unpaired) electrons. The highest BCUT2D eigenvalue weighted by atomic mass is 14.9. The SMILES string of the molecule is c1ccc2[nH]c(C3CCCCCCCCCCC3)nc2c1. The summed E-state index contributed by atoms with van der Waals surface area (Å²) in [5.41, 5.74) is 2.32. The summed E-state index contributed by atoms with van der Waals surface area (Å²) in [6, 6.07) is 8.42. The van der Waals surface area contributed by atoms with Gasteiger partial charge < -0.3 is 4.98 Å². The van der Waals surface area contributed by atoms with E-state index in [0.29, 0.717) is 5.92 Å². The van der Waals surface area contributed by atoms with Crippen molar-refractivity contribution >= 4 is 11.0 Å². The molecule has 2 heteroatoms. The lowest BCUT2D eigenvalue weighted by Gasteiger charge is -2.15. The smallest absolute Gasteiger partial charge is 0.110 e. The zero-order valence-corrected chi connectivity index (χ0v) is 13.1. The molecule has 1 saturated carbocycles. The van der Waals surface area contributed by atoms with Gasteiger partial charge in [-0.3, -0.25) is 0 Å². The third kappa shape index (κ3) is 4.09. The first-order chi connectivity index (χ1) is 10.4. The fourth-order valence-electron chi connectivity index (χ4n) is 3.60. The van der Waals surface area contributed by atoms with Gasteiger partial charge in [-0.1, -0.05) is 69.9 Å². The number of aromatic nitrogens is 2. The molecule has 1 aliphatic rings. The number of nitrogens with one attached hydrogen (secondary N) is 1. The van der Waals surface area contributed by atoms with Crippen molar-refractivity contribution in [3.05, 3.63) is 30.1 Å². The summed E-state index contributed by atoms with van der Waals surface area (Å²) >= 11 is 0. The maximum Gasteiger partial charge on any atom is 0.110 e. The van der Waals surface area contributed by atoms with Crippen molar-refractivity contribution in [1.82, 2.24) is 9.97 Å². The first-order valence-corrected chi connectivity index (χ1v) is 8.88. The third-order valence-electron chi connectivity index (χ3n) is 4.90. The summed E-state index contributed by atoms with van der Waals surface area (Å²) in [7, 11) is 0. The van der Waals surface area contributed by atoms with Crippen LogP contribution in [0.5, 0.6) is 0 Å². The number of fused-ring (bicyclic) bond motifs is 1. The Labute approximate surface area is 128 Å². The van der Waals surface area contributed by atoms with E-state index in [-0.39, 0.29) is 0 Å². The molecule has 2 nitrogen and oxygen atoms in total. The van der Waals surface area contributed by atoms with Crippen LogP contribution in [0.2, 0.25) is 0 Å². The van der Waals surface area contributed by atoms with Crippen LogP contribution in [0.3, 0.4) is 0 Å². The van der Waals surface area contributed by atoms with Crippen molar-refractivity contribution in [2.24, 2.45) is 0 Å². The highest BCUT2D eigenvalue weighted by molar-refractivity contribution is 5.74. The second kappa shape index (κ2) is 7.63. The van der Waals surface area contributed by atoms with Crippen LogP contribution in [0.4, 0.5) is 0 Å². The van der Waals surface area contributed by atoms with E-state index in [2.05, 4.69) is 29.2 Å². The predicted octanol–water partition coefficient (Wildman–Crippen LogP) is 5.95. The molecule has 114 valence electrons. The molecular weight excluding hydrogens is 256 g/mol. The number of aromatic amines is 1. The lowest BCUT2D eigenvalue weighted by atomic mass is 9.92. The second-order valence-corrected chi connectivity index (χ2v) is 6.60. The van der Waals surface area contributed by atoms with Gasteiger partial charge in [-0.2, -0.15) is 0 Å². The fraction of sp³-hybridized carbons (Fsp3) is 0.632. The molecule has 1 fully saturated rings. The van der Waals surface area contributed by atoms with Crippen LogP contribution in [0.15, 0.2) is 24.3 Å². The molecule has 0 spiro atoms. The van der Waals surface area contributed by atoms with Crippen LogP contribution in [-0.2, 0) is 0 Å². The maximum atomic E-state index is 4.85. The van der Waals surface area contributed by atoms with Crippen molar-refractivity contribution in [3.8, 4) is 0 Å². The molecule has 1 N–H and O–H groups in total. The quantitative estimate of drug-likeness (QED) is 0.688. The van der Waals surface area contributed by atoms with Gasteiger partial charge in [0.1, 0.15) is 5.82 Å². The molecule has 0 atom stereocenters. The molecular formula is C19H28N2. The molecule has 1 aromatic heterocycles. The highest BCUT2D eigenvalue weighted by Gasteiger charge is 2.15. The largest absolute Gasteiger partial charge is 0.342 e. The van der Waals surface area contributed by atoms with Crippen molar-refractivity contribution < 1.29 is 0 Å². The van der Waals surface area contributed by atoms with Crippen LogP contribution in [-0.4, -0.2) is 9.97 Å². The minimum absolute atomic E-state index is 0.636. The second-order valence-electron chi connectivity index (χ2n) is 6.60. The Hall–Kier alpha value is -1.31. The van der Waals surface area contributed by atoms with Gasteiger partial charge >= 0.3 is 0 Å². The van der Waals surface area contributed by atoms with Crippen LogP contribution in [0.1, 0.15) is 82.4 Å². The Morgan fingerprint density at radius 2 is 1.33 bits per heavy atom. The minimum atomic E-state index is 0.636. The van der Waals surface area contributed by atoms with E-state index in [1.54, 1.807) is 0 Å². The molecule has 2 aromatic rings. The first-order valence-electron chi connectivity index (χ1n) is 8.88. The van der Waals surface area contributed by atoms with Crippen LogP contribution in [0.25, 0.3) is 11.0 Å². The monoisotopic (exact) mass is 284 g/mol. The molecule has 1 heterocycles. The van der Waals surface area contributed by atoms with Crippen LogP contribution in [0, 0.1) is 0 Å². The van der Waals surface area contributed by atoms with Gasteiger partial charge in [0.2, 0.25) is 0 Å². The number of hydrogen-bond donors (Lipinski definition) is 1. The molecule has 0 unspecified atom stereocenters. The highest BCUT2D eigenvalue weighted by Crippen LogP contribution is 2.29. The van der Waals surface area contributed by atoms with E-state index < -0.39 is 0 Å². The van der Waals surface area contributed by atoms with Crippen molar-refractivity contribution in [1.29, 1.82) is 0 Å². The van der Waals surface area contributed by atoms with Crippen LogP contribution >= 0.6 is 0 Å². The Kier molecular flexibility index (Phi) is 5.31. The van der Waals surface area contributed by atoms with Gasteiger partial charge in [0, 0.05) is 5.92 Å². The molecule has 0 saturated heterocycles. The maximum absolute atomic E-state index is 4.85. The number of nitrogens with zero attached hydrogens (tertiary/aromatic N) is 1.